The van der Waals surface area contributed by atoms with E-state index in [0.29, 0.717) is 40.7 Å². The minimum atomic E-state index is -0.975. The number of aromatic nitrogens is 1. The van der Waals surface area contributed by atoms with Gasteiger partial charge in [-0.05, 0) is 42.8 Å². The highest BCUT2D eigenvalue weighted by atomic mass is 16.5. The molecule has 1 heterocycles. The molecule has 7 nitrogen and oxygen atoms in total. The first-order valence-electron chi connectivity index (χ1n) is 8.86. The van der Waals surface area contributed by atoms with Crippen LogP contribution in [0.1, 0.15) is 13.3 Å². The van der Waals surface area contributed by atoms with Crippen LogP contribution in [-0.2, 0) is 0 Å². The third-order valence-corrected chi connectivity index (χ3v) is 4.26. The molecular formula is C21H22N2O5. The molecule has 1 amide bonds. The Morgan fingerprint density at radius 1 is 1.04 bits per heavy atom. The number of amides is 1. The first kappa shape index (κ1) is 19.3. The number of carboxylic acid groups (broad SMARTS) is 1. The fourth-order valence-corrected chi connectivity index (χ4v) is 2.92. The van der Waals surface area contributed by atoms with Crippen molar-refractivity contribution >= 4 is 22.7 Å². The number of hydrogen-bond donors (Lipinski definition) is 1. The molecule has 3 rings (SSSR count). The van der Waals surface area contributed by atoms with E-state index in [1.54, 1.807) is 56.8 Å². The maximum absolute atomic E-state index is 11.4. The van der Waals surface area contributed by atoms with Gasteiger partial charge in [0.15, 0.2) is 11.5 Å². The standard InChI is InChI=1S/C21H22N2O5/c1-4-11-23(21(24)25)14-5-7-15(8-6-14)28-18-9-10-22-17-13-20(27-3)19(26-2)12-16(17)18/h5-10,12-13H,4,11H2,1-3H3,(H,24,25). The lowest BCUT2D eigenvalue weighted by molar-refractivity contribution is 0.202. The van der Waals surface area contributed by atoms with Crippen LogP contribution in [0.5, 0.6) is 23.0 Å². The average Bonchev–Trinajstić information content (AvgIpc) is 2.71. The SMILES string of the molecule is CCCN(C(=O)O)c1ccc(Oc2ccnc3cc(OC)c(OC)cc23)cc1. The summed E-state index contributed by atoms with van der Waals surface area (Å²) in [6.45, 7) is 2.37. The molecule has 0 unspecified atom stereocenters. The average molecular weight is 382 g/mol. The number of nitrogens with zero attached hydrogens (tertiary/aromatic N) is 2. The zero-order valence-electron chi connectivity index (χ0n) is 16.0. The summed E-state index contributed by atoms with van der Waals surface area (Å²) in [5.74, 6) is 2.38. The summed E-state index contributed by atoms with van der Waals surface area (Å²) in [5.41, 5.74) is 1.32. The quantitative estimate of drug-likeness (QED) is 0.623. The van der Waals surface area contributed by atoms with E-state index in [-0.39, 0.29) is 0 Å². The first-order valence-corrected chi connectivity index (χ1v) is 8.86. The molecule has 1 aromatic heterocycles. The van der Waals surface area contributed by atoms with Crippen molar-refractivity contribution in [3.63, 3.8) is 0 Å². The van der Waals surface area contributed by atoms with Crippen molar-refractivity contribution in [3.05, 3.63) is 48.7 Å². The third-order valence-electron chi connectivity index (χ3n) is 4.26. The molecule has 146 valence electrons. The van der Waals surface area contributed by atoms with Crippen molar-refractivity contribution in [2.24, 2.45) is 0 Å². The molecule has 1 N–H and O–H groups in total. The predicted molar refractivity (Wildman–Crippen MR) is 107 cm³/mol. The Morgan fingerprint density at radius 2 is 1.71 bits per heavy atom. The van der Waals surface area contributed by atoms with Gasteiger partial charge in [-0.1, -0.05) is 6.92 Å². The number of carbonyl (C=O) groups is 1. The van der Waals surface area contributed by atoms with Crippen molar-refractivity contribution < 1.29 is 24.1 Å². The van der Waals surface area contributed by atoms with Crippen molar-refractivity contribution in [2.75, 3.05) is 25.7 Å². The van der Waals surface area contributed by atoms with E-state index < -0.39 is 6.09 Å². The van der Waals surface area contributed by atoms with E-state index in [1.807, 2.05) is 13.0 Å². The molecule has 0 aliphatic rings. The maximum atomic E-state index is 11.4. The third kappa shape index (κ3) is 3.93. The Kier molecular flexibility index (Phi) is 5.84. The second-order valence-corrected chi connectivity index (χ2v) is 6.06. The number of benzene rings is 2. The minimum absolute atomic E-state index is 0.437. The molecule has 3 aromatic rings. The Balaban J connectivity index is 1.91. The summed E-state index contributed by atoms with van der Waals surface area (Å²) in [6, 6.07) is 12.3. The highest BCUT2D eigenvalue weighted by Gasteiger charge is 2.14. The van der Waals surface area contributed by atoms with Gasteiger partial charge in [0.2, 0.25) is 0 Å². The smallest absolute Gasteiger partial charge is 0.411 e. The van der Waals surface area contributed by atoms with E-state index in [2.05, 4.69) is 4.98 Å². The molecule has 0 saturated carbocycles. The van der Waals surface area contributed by atoms with Crippen LogP contribution in [-0.4, -0.2) is 36.9 Å². The summed E-state index contributed by atoms with van der Waals surface area (Å²) in [6.07, 6.45) is 1.42. The van der Waals surface area contributed by atoms with Crippen LogP contribution >= 0.6 is 0 Å². The van der Waals surface area contributed by atoms with Crippen LogP contribution in [0.2, 0.25) is 0 Å². The molecule has 0 aliphatic heterocycles. The lowest BCUT2D eigenvalue weighted by atomic mass is 10.2. The largest absolute Gasteiger partial charge is 0.493 e. The minimum Gasteiger partial charge on any atom is -0.493 e. The molecule has 0 bridgehead atoms. The van der Waals surface area contributed by atoms with E-state index in [0.717, 1.165) is 11.8 Å². The molecule has 28 heavy (non-hydrogen) atoms. The van der Waals surface area contributed by atoms with E-state index in [9.17, 15) is 9.90 Å². The number of rotatable bonds is 7. The molecule has 0 fully saturated rings. The molecule has 0 radical (unpaired) electrons. The van der Waals surface area contributed by atoms with Gasteiger partial charge < -0.3 is 19.3 Å². The van der Waals surface area contributed by atoms with Gasteiger partial charge in [0.1, 0.15) is 11.5 Å². The van der Waals surface area contributed by atoms with Gasteiger partial charge in [0.05, 0.1) is 19.7 Å². The maximum Gasteiger partial charge on any atom is 0.411 e. The number of anilines is 1. The Bertz CT molecular complexity index is 972. The van der Waals surface area contributed by atoms with Crippen LogP contribution in [0.15, 0.2) is 48.7 Å². The van der Waals surface area contributed by atoms with E-state index in [4.69, 9.17) is 14.2 Å². The first-order chi connectivity index (χ1) is 13.6. The van der Waals surface area contributed by atoms with Crippen LogP contribution in [0, 0.1) is 0 Å². The van der Waals surface area contributed by atoms with Crippen molar-refractivity contribution in [3.8, 4) is 23.0 Å². The number of fused-ring (bicyclic) bond motifs is 1. The Hall–Kier alpha value is -3.48. The molecule has 0 spiro atoms. The monoisotopic (exact) mass is 382 g/mol. The molecule has 2 aromatic carbocycles. The topological polar surface area (TPSA) is 81.1 Å². The van der Waals surface area contributed by atoms with Gasteiger partial charge >= 0.3 is 6.09 Å². The van der Waals surface area contributed by atoms with Gasteiger partial charge in [-0.25, -0.2) is 4.79 Å². The molecule has 0 aliphatic carbocycles. The van der Waals surface area contributed by atoms with Crippen LogP contribution in [0.25, 0.3) is 10.9 Å². The van der Waals surface area contributed by atoms with Crippen molar-refractivity contribution in [1.82, 2.24) is 4.98 Å². The normalized spacial score (nSPS) is 10.5. The summed E-state index contributed by atoms with van der Waals surface area (Å²) >= 11 is 0. The lowest BCUT2D eigenvalue weighted by Crippen LogP contribution is -2.29. The zero-order chi connectivity index (χ0) is 20.1. The fourth-order valence-electron chi connectivity index (χ4n) is 2.92. The van der Waals surface area contributed by atoms with Gasteiger partial charge in [-0.15, -0.1) is 0 Å². The zero-order valence-corrected chi connectivity index (χ0v) is 16.0. The highest BCUT2D eigenvalue weighted by molar-refractivity contribution is 5.88. The molecule has 0 atom stereocenters. The predicted octanol–water partition coefficient (Wildman–Crippen LogP) is 4.94. The van der Waals surface area contributed by atoms with Crippen molar-refractivity contribution in [1.29, 1.82) is 0 Å². The lowest BCUT2D eigenvalue weighted by Gasteiger charge is -2.18. The van der Waals surface area contributed by atoms with Crippen LogP contribution in [0.3, 0.4) is 0 Å². The second kappa shape index (κ2) is 8.47. The molecular weight excluding hydrogens is 360 g/mol. The number of ether oxygens (including phenoxy) is 3. The number of methoxy groups -OCH3 is 2. The van der Waals surface area contributed by atoms with Crippen LogP contribution < -0.4 is 19.1 Å². The highest BCUT2D eigenvalue weighted by Crippen LogP contribution is 2.37. The summed E-state index contributed by atoms with van der Waals surface area (Å²) in [7, 11) is 3.15. The summed E-state index contributed by atoms with van der Waals surface area (Å²) < 4.78 is 16.7. The van der Waals surface area contributed by atoms with E-state index >= 15 is 0 Å². The Morgan fingerprint density at radius 3 is 2.32 bits per heavy atom. The molecule has 7 heteroatoms. The van der Waals surface area contributed by atoms with Crippen LogP contribution in [0.4, 0.5) is 10.5 Å². The number of hydrogen-bond acceptors (Lipinski definition) is 5. The van der Waals surface area contributed by atoms with Gasteiger partial charge in [-0.2, -0.15) is 0 Å². The van der Waals surface area contributed by atoms with Crippen molar-refractivity contribution in [2.45, 2.75) is 13.3 Å². The fraction of sp³-hybridized carbons (Fsp3) is 0.238. The van der Waals surface area contributed by atoms with Gasteiger partial charge in [-0.3, -0.25) is 9.88 Å². The second-order valence-electron chi connectivity index (χ2n) is 6.06. The van der Waals surface area contributed by atoms with Gasteiger partial charge in [0, 0.05) is 29.9 Å². The van der Waals surface area contributed by atoms with E-state index in [1.165, 1.54) is 4.90 Å². The van der Waals surface area contributed by atoms with Gasteiger partial charge in [0.25, 0.3) is 0 Å². The summed E-state index contributed by atoms with van der Waals surface area (Å²) in [5, 5.41) is 10.1. The Labute approximate surface area is 163 Å². The number of pyridine rings is 1. The molecule has 0 saturated heterocycles. The summed E-state index contributed by atoms with van der Waals surface area (Å²) in [4.78, 5) is 17.1.